The second-order valence-corrected chi connectivity index (χ2v) is 7.48. The standard InChI is InChI=1S/C20H25N3O2S/c1-15-3-4-17(13-16(15)2)20(25)23-10-8-22(9-11-23)7-6-21-19(24)18-5-12-26-14-18/h3-5,12-14H,6-11H2,1-2H3,(H,21,24). The van der Waals surface area contributed by atoms with Crippen LogP contribution >= 0.6 is 11.3 Å². The zero-order valence-corrected chi connectivity index (χ0v) is 16.1. The van der Waals surface area contributed by atoms with Gasteiger partial charge in [0.15, 0.2) is 0 Å². The van der Waals surface area contributed by atoms with Gasteiger partial charge in [0, 0.05) is 55.8 Å². The first kappa shape index (κ1) is 18.6. The summed E-state index contributed by atoms with van der Waals surface area (Å²) in [6, 6.07) is 7.73. The van der Waals surface area contributed by atoms with Gasteiger partial charge >= 0.3 is 0 Å². The molecule has 1 aliphatic rings. The topological polar surface area (TPSA) is 52.7 Å². The molecule has 1 aromatic carbocycles. The lowest BCUT2D eigenvalue weighted by Crippen LogP contribution is -2.50. The predicted octanol–water partition coefficient (Wildman–Crippen LogP) is 2.55. The molecular weight excluding hydrogens is 346 g/mol. The van der Waals surface area contributed by atoms with Gasteiger partial charge < -0.3 is 10.2 Å². The Morgan fingerprint density at radius 2 is 1.81 bits per heavy atom. The Kier molecular flexibility index (Phi) is 6.06. The first-order chi connectivity index (χ1) is 12.5. The quantitative estimate of drug-likeness (QED) is 0.879. The smallest absolute Gasteiger partial charge is 0.253 e. The summed E-state index contributed by atoms with van der Waals surface area (Å²) < 4.78 is 0. The van der Waals surface area contributed by atoms with Crippen molar-refractivity contribution in [1.29, 1.82) is 0 Å². The number of hydrogen-bond donors (Lipinski definition) is 1. The Labute approximate surface area is 158 Å². The lowest BCUT2D eigenvalue weighted by atomic mass is 10.1. The molecule has 0 radical (unpaired) electrons. The van der Waals surface area contributed by atoms with E-state index in [1.54, 1.807) is 0 Å². The minimum absolute atomic E-state index is 0.0187. The molecule has 1 aromatic heterocycles. The van der Waals surface area contributed by atoms with E-state index in [9.17, 15) is 9.59 Å². The molecule has 5 nitrogen and oxygen atoms in total. The summed E-state index contributed by atoms with van der Waals surface area (Å²) >= 11 is 1.52. The average molecular weight is 372 g/mol. The molecule has 1 saturated heterocycles. The fraction of sp³-hybridized carbons (Fsp3) is 0.400. The van der Waals surface area contributed by atoms with Crippen molar-refractivity contribution in [2.45, 2.75) is 13.8 Å². The summed E-state index contributed by atoms with van der Waals surface area (Å²) in [4.78, 5) is 28.8. The van der Waals surface area contributed by atoms with Crippen LogP contribution in [0.3, 0.4) is 0 Å². The number of thiophene rings is 1. The maximum absolute atomic E-state index is 12.7. The van der Waals surface area contributed by atoms with E-state index in [0.717, 1.165) is 49.4 Å². The van der Waals surface area contributed by atoms with E-state index in [1.165, 1.54) is 16.9 Å². The third-order valence-corrected chi connectivity index (χ3v) is 5.59. The molecule has 6 heteroatoms. The maximum atomic E-state index is 12.7. The molecule has 0 aliphatic carbocycles. The van der Waals surface area contributed by atoms with Crippen LogP contribution in [0.2, 0.25) is 0 Å². The number of rotatable bonds is 5. The minimum atomic E-state index is -0.0187. The summed E-state index contributed by atoms with van der Waals surface area (Å²) in [6.07, 6.45) is 0. The van der Waals surface area contributed by atoms with E-state index in [-0.39, 0.29) is 11.8 Å². The van der Waals surface area contributed by atoms with Crippen molar-refractivity contribution in [1.82, 2.24) is 15.1 Å². The summed E-state index contributed by atoms with van der Waals surface area (Å²) in [5, 5.41) is 6.71. The van der Waals surface area contributed by atoms with E-state index in [2.05, 4.69) is 17.1 Å². The first-order valence-electron chi connectivity index (χ1n) is 8.94. The number of nitrogens with one attached hydrogen (secondary N) is 1. The van der Waals surface area contributed by atoms with Gasteiger partial charge in [0.2, 0.25) is 0 Å². The van der Waals surface area contributed by atoms with Crippen molar-refractivity contribution >= 4 is 23.2 Å². The van der Waals surface area contributed by atoms with Crippen molar-refractivity contribution in [3.05, 3.63) is 57.3 Å². The number of carbonyl (C=O) groups excluding carboxylic acids is 2. The number of piperazine rings is 1. The average Bonchev–Trinajstić information content (AvgIpc) is 3.19. The van der Waals surface area contributed by atoms with Crippen molar-refractivity contribution in [2.24, 2.45) is 0 Å². The number of nitrogens with zero attached hydrogens (tertiary/aromatic N) is 2. The van der Waals surface area contributed by atoms with Crippen LogP contribution in [-0.4, -0.2) is 60.9 Å². The number of aryl methyl sites for hydroxylation is 2. The molecule has 3 rings (SSSR count). The van der Waals surface area contributed by atoms with Crippen LogP contribution in [0.4, 0.5) is 0 Å². The van der Waals surface area contributed by atoms with Crippen LogP contribution in [0.25, 0.3) is 0 Å². The van der Waals surface area contributed by atoms with Crippen molar-refractivity contribution in [3.8, 4) is 0 Å². The molecule has 0 spiro atoms. The van der Waals surface area contributed by atoms with Crippen molar-refractivity contribution in [2.75, 3.05) is 39.3 Å². The van der Waals surface area contributed by atoms with Gasteiger partial charge in [0.1, 0.15) is 0 Å². The highest BCUT2D eigenvalue weighted by molar-refractivity contribution is 7.08. The van der Waals surface area contributed by atoms with Gasteiger partial charge in [-0.3, -0.25) is 14.5 Å². The number of amides is 2. The predicted molar refractivity (Wildman–Crippen MR) is 105 cm³/mol. The first-order valence-corrected chi connectivity index (χ1v) is 9.88. The minimum Gasteiger partial charge on any atom is -0.351 e. The largest absolute Gasteiger partial charge is 0.351 e. The fourth-order valence-electron chi connectivity index (χ4n) is 3.05. The van der Waals surface area contributed by atoms with Crippen LogP contribution in [-0.2, 0) is 0 Å². The highest BCUT2D eigenvalue weighted by atomic mass is 32.1. The molecule has 2 aromatic rings. The van der Waals surface area contributed by atoms with Gasteiger partial charge in [-0.25, -0.2) is 0 Å². The monoisotopic (exact) mass is 371 g/mol. The Morgan fingerprint density at radius 3 is 2.46 bits per heavy atom. The van der Waals surface area contributed by atoms with Gasteiger partial charge in [-0.2, -0.15) is 11.3 Å². The van der Waals surface area contributed by atoms with E-state index in [4.69, 9.17) is 0 Å². The van der Waals surface area contributed by atoms with Gasteiger partial charge in [-0.1, -0.05) is 6.07 Å². The van der Waals surface area contributed by atoms with E-state index >= 15 is 0 Å². The molecule has 1 fully saturated rings. The molecule has 0 saturated carbocycles. The Hall–Kier alpha value is -2.18. The van der Waals surface area contributed by atoms with Gasteiger partial charge in [-0.05, 0) is 48.6 Å². The Bertz CT molecular complexity index is 765. The number of benzene rings is 1. The molecule has 138 valence electrons. The lowest BCUT2D eigenvalue weighted by Gasteiger charge is -2.34. The SMILES string of the molecule is Cc1ccc(C(=O)N2CCN(CCNC(=O)c3ccsc3)CC2)cc1C. The van der Waals surface area contributed by atoms with Crippen LogP contribution < -0.4 is 5.32 Å². The van der Waals surface area contributed by atoms with E-state index in [0.29, 0.717) is 6.54 Å². The summed E-state index contributed by atoms with van der Waals surface area (Å²) in [5.74, 6) is 0.0910. The van der Waals surface area contributed by atoms with Crippen molar-refractivity contribution < 1.29 is 9.59 Å². The molecule has 0 unspecified atom stereocenters. The molecule has 2 heterocycles. The third kappa shape index (κ3) is 4.51. The van der Waals surface area contributed by atoms with Crippen molar-refractivity contribution in [3.63, 3.8) is 0 Å². The molecule has 0 bridgehead atoms. The highest BCUT2D eigenvalue weighted by Gasteiger charge is 2.22. The van der Waals surface area contributed by atoms with Crippen LogP contribution in [0.1, 0.15) is 31.8 Å². The highest BCUT2D eigenvalue weighted by Crippen LogP contribution is 2.13. The molecule has 0 atom stereocenters. The van der Waals surface area contributed by atoms with Gasteiger partial charge in [0.25, 0.3) is 11.8 Å². The Balaban J connectivity index is 1.43. The summed E-state index contributed by atoms with van der Waals surface area (Å²) in [6.45, 7) is 8.65. The van der Waals surface area contributed by atoms with Crippen LogP contribution in [0, 0.1) is 13.8 Å². The maximum Gasteiger partial charge on any atom is 0.253 e. The normalized spacial score (nSPS) is 15.1. The lowest BCUT2D eigenvalue weighted by molar-refractivity contribution is 0.0638. The third-order valence-electron chi connectivity index (χ3n) is 4.91. The van der Waals surface area contributed by atoms with Gasteiger partial charge in [-0.15, -0.1) is 0 Å². The number of hydrogen-bond acceptors (Lipinski definition) is 4. The van der Waals surface area contributed by atoms with E-state index in [1.807, 2.05) is 46.8 Å². The second kappa shape index (κ2) is 8.47. The molecule has 1 aliphatic heterocycles. The van der Waals surface area contributed by atoms with Crippen LogP contribution in [0.15, 0.2) is 35.0 Å². The zero-order chi connectivity index (χ0) is 18.5. The zero-order valence-electron chi connectivity index (χ0n) is 15.3. The van der Waals surface area contributed by atoms with Gasteiger partial charge in [0.05, 0.1) is 0 Å². The van der Waals surface area contributed by atoms with E-state index < -0.39 is 0 Å². The Morgan fingerprint density at radius 1 is 1.04 bits per heavy atom. The fourth-order valence-corrected chi connectivity index (χ4v) is 3.69. The molecular formula is C20H25N3O2S. The molecule has 2 amide bonds. The molecule has 1 N–H and O–H groups in total. The summed E-state index contributed by atoms with van der Waals surface area (Å²) in [7, 11) is 0. The number of carbonyl (C=O) groups is 2. The van der Waals surface area contributed by atoms with Crippen LogP contribution in [0.5, 0.6) is 0 Å². The molecule has 26 heavy (non-hydrogen) atoms. The second-order valence-electron chi connectivity index (χ2n) is 6.70. The summed E-state index contributed by atoms with van der Waals surface area (Å²) in [5.41, 5.74) is 3.84.